The molecule has 1 aromatic heterocycles. The van der Waals surface area contributed by atoms with Gasteiger partial charge in [-0.3, -0.25) is 14.6 Å². The maximum Gasteiger partial charge on any atom is 0.306 e. The van der Waals surface area contributed by atoms with Crippen molar-refractivity contribution in [2.75, 3.05) is 6.61 Å². The molecule has 1 heterocycles. The molecule has 146 valence electrons. The Balaban J connectivity index is 2.91. The number of pyridine rings is 1. The number of aliphatic carboxylic acids is 1. The summed E-state index contributed by atoms with van der Waals surface area (Å²) in [5.41, 5.74) is 2.59. The third kappa shape index (κ3) is 7.85. The van der Waals surface area contributed by atoms with E-state index in [0.717, 1.165) is 42.5 Å². The minimum atomic E-state index is -0.788. The lowest BCUT2D eigenvalue weighted by molar-refractivity contribution is -0.145. The first-order chi connectivity index (χ1) is 12.5. The lowest BCUT2D eigenvalue weighted by Crippen LogP contribution is -2.10. The highest BCUT2D eigenvalue weighted by Gasteiger charge is 2.16. The first-order valence-corrected chi connectivity index (χ1v) is 9.47. The summed E-state index contributed by atoms with van der Waals surface area (Å²) in [7, 11) is 0. The molecule has 6 heteroatoms. The van der Waals surface area contributed by atoms with E-state index >= 15 is 0 Å². The molecule has 1 rings (SSSR count). The topological polar surface area (TPSA) is 85.7 Å². The Morgan fingerprint density at radius 3 is 2.54 bits per heavy atom. The summed E-state index contributed by atoms with van der Waals surface area (Å²) in [6.45, 7) is 6.67. The average molecular weight is 365 g/mol. The highest BCUT2D eigenvalue weighted by atomic mass is 16.5. The molecule has 6 nitrogen and oxygen atoms in total. The van der Waals surface area contributed by atoms with Gasteiger partial charge in [-0.05, 0) is 44.6 Å². The standard InChI is InChI=1S/C20H31NO5/c1-4-6-12-25-20-15(3)21-13-16(10-7-8-11-18(22)23)17(20)14-26-19(24)9-5-2/h13H,4-12,14H2,1-3H3,(H,22,23). The van der Waals surface area contributed by atoms with Crippen LogP contribution in [0.25, 0.3) is 0 Å². The van der Waals surface area contributed by atoms with Gasteiger partial charge in [0.2, 0.25) is 0 Å². The van der Waals surface area contributed by atoms with Gasteiger partial charge < -0.3 is 14.6 Å². The smallest absolute Gasteiger partial charge is 0.306 e. The predicted molar refractivity (Wildman–Crippen MR) is 99.3 cm³/mol. The maximum atomic E-state index is 11.8. The van der Waals surface area contributed by atoms with Crippen molar-refractivity contribution in [2.24, 2.45) is 0 Å². The van der Waals surface area contributed by atoms with Crippen molar-refractivity contribution in [3.05, 3.63) is 23.0 Å². The van der Waals surface area contributed by atoms with Crippen LogP contribution in [-0.2, 0) is 27.4 Å². The van der Waals surface area contributed by atoms with E-state index in [1.165, 1.54) is 0 Å². The summed E-state index contributed by atoms with van der Waals surface area (Å²) in [6.07, 6.45) is 7.07. The molecule has 0 fully saturated rings. The molecule has 0 unspecified atom stereocenters. The summed E-state index contributed by atoms with van der Waals surface area (Å²) >= 11 is 0. The van der Waals surface area contributed by atoms with Crippen LogP contribution in [0.15, 0.2) is 6.20 Å². The summed E-state index contributed by atoms with van der Waals surface area (Å²) in [6, 6.07) is 0. The van der Waals surface area contributed by atoms with Gasteiger partial charge >= 0.3 is 11.9 Å². The molecular weight excluding hydrogens is 334 g/mol. The molecule has 0 aromatic carbocycles. The molecule has 0 aliphatic heterocycles. The van der Waals surface area contributed by atoms with Crippen molar-refractivity contribution in [1.82, 2.24) is 4.98 Å². The minimum absolute atomic E-state index is 0.153. The lowest BCUT2D eigenvalue weighted by Gasteiger charge is -2.17. The predicted octanol–water partition coefficient (Wildman–Crippen LogP) is 4.21. The molecular formula is C20H31NO5. The number of carbonyl (C=O) groups is 2. The van der Waals surface area contributed by atoms with Gasteiger partial charge in [0, 0.05) is 24.6 Å². The first-order valence-electron chi connectivity index (χ1n) is 9.47. The lowest BCUT2D eigenvalue weighted by atomic mass is 10.0. The van der Waals surface area contributed by atoms with Crippen LogP contribution in [0.3, 0.4) is 0 Å². The van der Waals surface area contributed by atoms with Crippen molar-refractivity contribution in [1.29, 1.82) is 0 Å². The summed E-state index contributed by atoms with van der Waals surface area (Å²) in [4.78, 5) is 26.9. The average Bonchev–Trinajstić information content (AvgIpc) is 2.60. The summed E-state index contributed by atoms with van der Waals surface area (Å²) < 4.78 is 11.4. The van der Waals surface area contributed by atoms with Crippen molar-refractivity contribution in [3.63, 3.8) is 0 Å². The fourth-order valence-electron chi connectivity index (χ4n) is 2.58. The number of aromatic nitrogens is 1. The van der Waals surface area contributed by atoms with Gasteiger partial charge in [-0.25, -0.2) is 0 Å². The molecule has 0 atom stereocenters. The number of carboxylic acid groups (broad SMARTS) is 1. The van der Waals surface area contributed by atoms with Crippen molar-refractivity contribution >= 4 is 11.9 Å². The van der Waals surface area contributed by atoms with Crippen LogP contribution in [-0.4, -0.2) is 28.6 Å². The fourth-order valence-corrected chi connectivity index (χ4v) is 2.58. The Morgan fingerprint density at radius 2 is 1.88 bits per heavy atom. The molecule has 0 aliphatic rings. The monoisotopic (exact) mass is 365 g/mol. The largest absolute Gasteiger partial charge is 0.491 e. The number of carboxylic acids is 1. The van der Waals surface area contributed by atoms with E-state index in [4.69, 9.17) is 14.6 Å². The summed E-state index contributed by atoms with van der Waals surface area (Å²) in [5.74, 6) is -0.318. The quantitative estimate of drug-likeness (QED) is 0.416. The molecule has 0 saturated heterocycles. The van der Waals surface area contributed by atoms with Crippen LogP contribution in [0.1, 0.15) is 75.6 Å². The van der Waals surface area contributed by atoms with E-state index in [-0.39, 0.29) is 19.0 Å². The SMILES string of the molecule is CCCCOc1c(C)ncc(CCCCC(=O)O)c1COC(=O)CCC. The van der Waals surface area contributed by atoms with E-state index in [1.807, 2.05) is 13.8 Å². The molecule has 1 aromatic rings. The second-order valence-corrected chi connectivity index (χ2v) is 6.39. The van der Waals surface area contributed by atoms with Gasteiger partial charge in [0.25, 0.3) is 0 Å². The number of hydrogen-bond acceptors (Lipinski definition) is 5. The van der Waals surface area contributed by atoms with Gasteiger partial charge in [-0.15, -0.1) is 0 Å². The Hall–Kier alpha value is -2.11. The first kappa shape index (κ1) is 21.9. The molecule has 26 heavy (non-hydrogen) atoms. The zero-order valence-electron chi connectivity index (χ0n) is 16.2. The highest BCUT2D eigenvalue weighted by Crippen LogP contribution is 2.28. The Labute approximate surface area is 155 Å². The van der Waals surface area contributed by atoms with E-state index in [9.17, 15) is 9.59 Å². The highest BCUT2D eigenvalue weighted by molar-refractivity contribution is 5.69. The molecule has 0 spiro atoms. The second kappa shape index (κ2) is 12.3. The van der Waals surface area contributed by atoms with Gasteiger partial charge in [-0.2, -0.15) is 0 Å². The Kier molecular flexibility index (Phi) is 10.4. The Bertz CT molecular complexity index is 586. The van der Waals surface area contributed by atoms with Crippen molar-refractivity contribution < 1.29 is 24.2 Å². The fraction of sp³-hybridized carbons (Fsp3) is 0.650. The van der Waals surface area contributed by atoms with Crippen LogP contribution in [0, 0.1) is 6.92 Å². The van der Waals surface area contributed by atoms with Gasteiger partial charge in [0.05, 0.1) is 12.3 Å². The van der Waals surface area contributed by atoms with Crippen molar-refractivity contribution in [3.8, 4) is 5.75 Å². The van der Waals surface area contributed by atoms with E-state index in [2.05, 4.69) is 11.9 Å². The Morgan fingerprint density at radius 1 is 1.12 bits per heavy atom. The van der Waals surface area contributed by atoms with Crippen LogP contribution in [0.4, 0.5) is 0 Å². The molecule has 0 amide bonds. The normalized spacial score (nSPS) is 10.6. The number of esters is 1. The van der Waals surface area contributed by atoms with Gasteiger partial charge in [-0.1, -0.05) is 20.3 Å². The number of hydrogen-bond donors (Lipinski definition) is 1. The van der Waals surface area contributed by atoms with E-state index in [0.29, 0.717) is 31.6 Å². The van der Waals surface area contributed by atoms with Crippen molar-refractivity contribution in [2.45, 2.75) is 78.7 Å². The van der Waals surface area contributed by atoms with Crippen LogP contribution >= 0.6 is 0 Å². The number of nitrogens with zero attached hydrogens (tertiary/aromatic N) is 1. The molecule has 0 saturated carbocycles. The minimum Gasteiger partial charge on any atom is -0.491 e. The van der Waals surface area contributed by atoms with Crippen LogP contribution in [0.5, 0.6) is 5.75 Å². The maximum absolute atomic E-state index is 11.8. The number of unbranched alkanes of at least 4 members (excludes halogenated alkanes) is 2. The number of aryl methyl sites for hydroxylation is 2. The summed E-state index contributed by atoms with van der Waals surface area (Å²) in [5, 5.41) is 8.77. The number of ether oxygens (including phenoxy) is 2. The second-order valence-electron chi connectivity index (χ2n) is 6.39. The molecule has 0 bridgehead atoms. The number of carbonyl (C=O) groups excluding carboxylic acids is 1. The van der Waals surface area contributed by atoms with Gasteiger partial charge in [0.1, 0.15) is 12.4 Å². The van der Waals surface area contributed by atoms with Crippen LogP contribution < -0.4 is 4.74 Å². The van der Waals surface area contributed by atoms with E-state index < -0.39 is 5.97 Å². The zero-order chi connectivity index (χ0) is 19.4. The van der Waals surface area contributed by atoms with Gasteiger partial charge in [0.15, 0.2) is 0 Å². The third-order valence-electron chi connectivity index (χ3n) is 4.07. The molecule has 1 N–H and O–H groups in total. The molecule has 0 aliphatic carbocycles. The zero-order valence-corrected chi connectivity index (χ0v) is 16.2. The van der Waals surface area contributed by atoms with Crippen LogP contribution in [0.2, 0.25) is 0 Å². The number of rotatable bonds is 13. The molecule has 0 radical (unpaired) electrons. The van der Waals surface area contributed by atoms with E-state index in [1.54, 1.807) is 6.20 Å². The third-order valence-corrected chi connectivity index (χ3v) is 4.07.